The van der Waals surface area contributed by atoms with Gasteiger partial charge in [-0.05, 0) is 31.2 Å². The van der Waals surface area contributed by atoms with Crippen LogP contribution in [0.3, 0.4) is 0 Å². The topological polar surface area (TPSA) is 71.8 Å². The van der Waals surface area contributed by atoms with E-state index in [1.807, 2.05) is 24.3 Å². The van der Waals surface area contributed by atoms with E-state index in [9.17, 15) is 9.59 Å². The molecule has 0 saturated carbocycles. The van der Waals surface area contributed by atoms with Gasteiger partial charge in [0.05, 0.1) is 18.5 Å². The summed E-state index contributed by atoms with van der Waals surface area (Å²) in [5.41, 5.74) is 0.703. The summed E-state index contributed by atoms with van der Waals surface area (Å²) in [6, 6.07) is 10.9. The fraction of sp³-hybridized carbons (Fsp3) is 0.294. The second kappa shape index (κ2) is 6.56. The summed E-state index contributed by atoms with van der Waals surface area (Å²) in [7, 11) is 0. The molecule has 6 heteroatoms. The van der Waals surface area contributed by atoms with Crippen LogP contribution < -0.4 is 15.0 Å². The van der Waals surface area contributed by atoms with Gasteiger partial charge >= 0.3 is 0 Å². The summed E-state index contributed by atoms with van der Waals surface area (Å²) in [5, 5.41) is 2.77. The molecule has 1 unspecified atom stereocenters. The SMILES string of the molecule is CC1Oc2ccccc2N(CCC(=O)NCc2ccco2)C1=O. The molecule has 0 bridgehead atoms. The van der Waals surface area contributed by atoms with E-state index in [1.54, 1.807) is 30.2 Å². The molecule has 2 amide bonds. The van der Waals surface area contributed by atoms with Gasteiger partial charge in [0, 0.05) is 13.0 Å². The van der Waals surface area contributed by atoms with Crippen molar-refractivity contribution in [2.45, 2.75) is 26.0 Å². The lowest BCUT2D eigenvalue weighted by Crippen LogP contribution is -2.45. The molecule has 0 saturated heterocycles. The van der Waals surface area contributed by atoms with Crippen molar-refractivity contribution in [3.8, 4) is 5.75 Å². The lowest BCUT2D eigenvalue weighted by molar-refractivity contribution is -0.125. The Morgan fingerprint density at radius 2 is 2.09 bits per heavy atom. The number of nitrogens with zero attached hydrogens (tertiary/aromatic N) is 1. The summed E-state index contributed by atoms with van der Waals surface area (Å²) < 4.78 is 10.7. The van der Waals surface area contributed by atoms with Crippen molar-refractivity contribution >= 4 is 17.5 Å². The Kier molecular flexibility index (Phi) is 4.32. The van der Waals surface area contributed by atoms with Crippen LogP contribution in [0.1, 0.15) is 19.1 Å². The number of carbonyl (C=O) groups excluding carboxylic acids is 2. The van der Waals surface area contributed by atoms with Gasteiger partial charge in [-0.25, -0.2) is 0 Å². The number of anilines is 1. The predicted octanol–water partition coefficient (Wildman–Crippen LogP) is 2.10. The van der Waals surface area contributed by atoms with Crippen LogP contribution in [0.2, 0.25) is 0 Å². The molecule has 0 fully saturated rings. The normalized spacial score (nSPS) is 16.7. The second-order valence-corrected chi connectivity index (χ2v) is 5.32. The van der Waals surface area contributed by atoms with Crippen LogP contribution in [0.4, 0.5) is 5.69 Å². The number of para-hydroxylation sites is 2. The Morgan fingerprint density at radius 1 is 1.26 bits per heavy atom. The summed E-state index contributed by atoms with van der Waals surface area (Å²) in [6.45, 7) is 2.37. The van der Waals surface area contributed by atoms with Crippen LogP contribution in [0.15, 0.2) is 47.1 Å². The third kappa shape index (κ3) is 3.36. The van der Waals surface area contributed by atoms with Crippen LogP contribution in [0, 0.1) is 0 Å². The molecule has 6 nitrogen and oxygen atoms in total. The van der Waals surface area contributed by atoms with Crippen LogP contribution in [0.5, 0.6) is 5.75 Å². The molecule has 2 aromatic rings. The molecule has 120 valence electrons. The fourth-order valence-corrected chi connectivity index (χ4v) is 2.49. The third-order valence-corrected chi connectivity index (χ3v) is 3.68. The number of nitrogens with one attached hydrogen (secondary N) is 1. The van der Waals surface area contributed by atoms with Crippen molar-refractivity contribution in [3.05, 3.63) is 48.4 Å². The smallest absolute Gasteiger partial charge is 0.267 e. The van der Waals surface area contributed by atoms with Crippen LogP contribution in [0.25, 0.3) is 0 Å². The van der Waals surface area contributed by atoms with Crippen molar-refractivity contribution in [1.82, 2.24) is 5.32 Å². The van der Waals surface area contributed by atoms with Crippen molar-refractivity contribution in [1.29, 1.82) is 0 Å². The summed E-state index contributed by atoms with van der Waals surface area (Å²) in [4.78, 5) is 25.9. The molecule has 1 aliphatic heterocycles. The average molecular weight is 314 g/mol. The average Bonchev–Trinajstić information content (AvgIpc) is 3.07. The number of furan rings is 1. The van der Waals surface area contributed by atoms with E-state index in [2.05, 4.69) is 5.32 Å². The molecule has 0 spiro atoms. The third-order valence-electron chi connectivity index (χ3n) is 3.68. The Balaban J connectivity index is 1.60. The fourth-order valence-electron chi connectivity index (χ4n) is 2.49. The number of hydrogen-bond acceptors (Lipinski definition) is 4. The number of rotatable bonds is 5. The minimum atomic E-state index is -0.545. The zero-order valence-electron chi connectivity index (χ0n) is 12.8. The molecule has 1 aliphatic rings. The minimum Gasteiger partial charge on any atom is -0.479 e. The van der Waals surface area contributed by atoms with Gasteiger partial charge in [0.25, 0.3) is 5.91 Å². The van der Waals surface area contributed by atoms with Gasteiger partial charge < -0.3 is 19.4 Å². The molecule has 1 aromatic carbocycles. The molecule has 0 aliphatic carbocycles. The molecule has 1 N–H and O–H groups in total. The first-order valence-electron chi connectivity index (χ1n) is 7.51. The maximum absolute atomic E-state index is 12.3. The zero-order chi connectivity index (χ0) is 16.2. The highest BCUT2D eigenvalue weighted by atomic mass is 16.5. The van der Waals surface area contributed by atoms with E-state index < -0.39 is 6.10 Å². The maximum Gasteiger partial charge on any atom is 0.267 e. The zero-order valence-corrected chi connectivity index (χ0v) is 12.8. The van der Waals surface area contributed by atoms with Crippen molar-refractivity contribution in [3.63, 3.8) is 0 Å². The van der Waals surface area contributed by atoms with Gasteiger partial charge in [-0.1, -0.05) is 12.1 Å². The number of fused-ring (bicyclic) bond motifs is 1. The molecule has 1 atom stereocenters. The van der Waals surface area contributed by atoms with Gasteiger partial charge in [-0.15, -0.1) is 0 Å². The highest BCUT2D eigenvalue weighted by Gasteiger charge is 2.31. The van der Waals surface area contributed by atoms with Crippen molar-refractivity contribution in [2.75, 3.05) is 11.4 Å². The lowest BCUT2D eigenvalue weighted by Gasteiger charge is -2.32. The molecule has 3 rings (SSSR count). The predicted molar refractivity (Wildman–Crippen MR) is 84.1 cm³/mol. The largest absolute Gasteiger partial charge is 0.479 e. The minimum absolute atomic E-state index is 0.133. The van der Waals surface area contributed by atoms with E-state index in [-0.39, 0.29) is 18.2 Å². The van der Waals surface area contributed by atoms with Gasteiger partial charge in [-0.2, -0.15) is 0 Å². The van der Waals surface area contributed by atoms with Gasteiger partial charge in [0.1, 0.15) is 11.5 Å². The van der Waals surface area contributed by atoms with E-state index in [0.29, 0.717) is 30.3 Å². The standard InChI is InChI=1S/C17H18N2O4/c1-12-17(21)19(14-6-2-3-7-15(14)23-12)9-8-16(20)18-11-13-5-4-10-22-13/h2-7,10,12H,8-9,11H2,1H3,(H,18,20). The van der Waals surface area contributed by atoms with E-state index in [0.717, 1.165) is 0 Å². The Bertz CT molecular complexity index is 696. The highest BCUT2D eigenvalue weighted by Crippen LogP contribution is 2.33. The number of ether oxygens (including phenoxy) is 1. The van der Waals surface area contributed by atoms with Crippen LogP contribution >= 0.6 is 0 Å². The van der Waals surface area contributed by atoms with Gasteiger partial charge in [0.2, 0.25) is 5.91 Å². The van der Waals surface area contributed by atoms with Crippen LogP contribution in [-0.4, -0.2) is 24.5 Å². The quantitative estimate of drug-likeness (QED) is 0.917. The first-order valence-corrected chi connectivity index (χ1v) is 7.51. The first kappa shape index (κ1) is 15.1. The molecular weight excluding hydrogens is 296 g/mol. The van der Waals surface area contributed by atoms with Crippen molar-refractivity contribution < 1.29 is 18.7 Å². The lowest BCUT2D eigenvalue weighted by atomic mass is 10.1. The second-order valence-electron chi connectivity index (χ2n) is 5.32. The highest BCUT2D eigenvalue weighted by molar-refractivity contribution is 6.00. The molecule has 1 aromatic heterocycles. The van der Waals surface area contributed by atoms with Gasteiger partial charge in [0.15, 0.2) is 6.10 Å². The molecular formula is C17H18N2O4. The van der Waals surface area contributed by atoms with E-state index in [1.165, 1.54) is 0 Å². The first-order chi connectivity index (χ1) is 11.1. The Hall–Kier alpha value is -2.76. The molecule has 2 heterocycles. The monoisotopic (exact) mass is 314 g/mol. The molecule has 0 radical (unpaired) electrons. The van der Waals surface area contributed by atoms with Crippen LogP contribution in [-0.2, 0) is 16.1 Å². The van der Waals surface area contributed by atoms with E-state index >= 15 is 0 Å². The van der Waals surface area contributed by atoms with E-state index in [4.69, 9.17) is 9.15 Å². The number of hydrogen-bond donors (Lipinski definition) is 1. The summed E-state index contributed by atoms with van der Waals surface area (Å²) in [6.07, 6.45) is 1.23. The Labute approximate surface area is 134 Å². The van der Waals surface area contributed by atoms with Gasteiger partial charge in [-0.3, -0.25) is 9.59 Å². The maximum atomic E-state index is 12.3. The number of carbonyl (C=O) groups is 2. The number of amides is 2. The molecule has 23 heavy (non-hydrogen) atoms. The van der Waals surface area contributed by atoms with Crippen molar-refractivity contribution in [2.24, 2.45) is 0 Å². The summed E-state index contributed by atoms with van der Waals surface area (Å²) in [5.74, 6) is 1.09. The Morgan fingerprint density at radius 3 is 2.87 bits per heavy atom. The number of benzene rings is 1. The summed E-state index contributed by atoms with van der Waals surface area (Å²) >= 11 is 0.